The van der Waals surface area contributed by atoms with E-state index < -0.39 is 0 Å². The van der Waals surface area contributed by atoms with Gasteiger partial charge in [0.1, 0.15) is 5.75 Å². The summed E-state index contributed by atoms with van der Waals surface area (Å²) in [6.07, 6.45) is 0. The second-order valence-electron chi connectivity index (χ2n) is 3.45. The molecule has 0 aromatic carbocycles. The summed E-state index contributed by atoms with van der Waals surface area (Å²) >= 11 is 0. The Bertz CT molecular complexity index is 274. The smallest absolute Gasteiger partial charge is 0.140 e. The Morgan fingerprint density at radius 1 is 1.42 bits per heavy atom. The van der Waals surface area contributed by atoms with Crippen LogP contribution in [0.5, 0.6) is 5.75 Å². The van der Waals surface area contributed by atoms with Gasteiger partial charge in [0, 0.05) is 18.8 Å². The Balaban J connectivity index is 3.21. The third-order valence-corrected chi connectivity index (χ3v) is 2.25. The van der Waals surface area contributed by atoms with Crippen molar-refractivity contribution in [3.05, 3.63) is 17.5 Å². The van der Waals surface area contributed by atoms with Gasteiger partial charge in [0.05, 0.1) is 12.8 Å². The second-order valence-corrected chi connectivity index (χ2v) is 3.45. The van der Waals surface area contributed by atoms with Gasteiger partial charge >= 0.3 is 0 Å². The lowest BCUT2D eigenvalue weighted by atomic mass is 10.1. The van der Waals surface area contributed by atoms with Crippen LogP contribution in [0.1, 0.15) is 31.2 Å². The molecule has 0 N–H and O–H groups in total. The van der Waals surface area contributed by atoms with Crippen LogP contribution in [0.2, 0.25) is 0 Å². The normalized spacial score (nSPS) is 10.8. The molecule has 0 aliphatic carbocycles. The van der Waals surface area contributed by atoms with E-state index in [-0.39, 0.29) is 0 Å². The van der Waals surface area contributed by atoms with E-state index >= 15 is 0 Å². The Labute approximate surface area is 74.2 Å². The summed E-state index contributed by atoms with van der Waals surface area (Å²) in [4.78, 5) is 0. The first-order valence-electron chi connectivity index (χ1n) is 4.28. The number of methoxy groups -OCH3 is 1. The van der Waals surface area contributed by atoms with Crippen molar-refractivity contribution in [3.63, 3.8) is 0 Å². The quantitative estimate of drug-likeness (QED) is 0.660. The van der Waals surface area contributed by atoms with Crippen LogP contribution < -0.4 is 4.74 Å². The van der Waals surface area contributed by atoms with Crippen LogP contribution in [0, 0.1) is 6.92 Å². The van der Waals surface area contributed by atoms with Crippen molar-refractivity contribution < 1.29 is 4.74 Å². The highest BCUT2D eigenvalue weighted by Gasteiger charge is 2.13. The van der Waals surface area contributed by atoms with Crippen LogP contribution in [0.15, 0.2) is 6.07 Å². The van der Waals surface area contributed by atoms with Crippen molar-refractivity contribution >= 4 is 0 Å². The molecule has 0 aliphatic heterocycles. The summed E-state index contributed by atoms with van der Waals surface area (Å²) in [5, 5.41) is 0. The maximum atomic E-state index is 5.29. The van der Waals surface area contributed by atoms with Gasteiger partial charge in [-0.1, -0.05) is 13.8 Å². The fourth-order valence-electron chi connectivity index (χ4n) is 1.55. The predicted molar refractivity (Wildman–Crippen MR) is 50.8 cm³/mol. The molecular weight excluding hydrogens is 150 g/mol. The maximum absolute atomic E-state index is 5.29. The third kappa shape index (κ3) is 1.33. The molecule has 0 saturated carbocycles. The minimum atomic E-state index is 0.513. The molecule has 12 heavy (non-hydrogen) atoms. The van der Waals surface area contributed by atoms with E-state index in [0.717, 1.165) is 5.75 Å². The van der Waals surface area contributed by atoms with Gasteiger partial charge in [-0.3, -0.25) is 0 Å². The minimum absolute atomic E-state index is 0.513. The molecule has 68 valence electrons. The number of ether oxygens (including phenoxy) is 1. The van der Waals surface area contributed by atoms with E-state index in [9.17, 15) is 0 Å². The highest BCUT2D eigenvalue weighted by molar-refractivity contribution is 5.35. The first-order valence-corrected chi connectivity index (χ1v) is 4.28. The van der Waals surface area contributed by atoms with Crippen LogP contribution in [-0.4, -0.2) is 11.7 Å². The highest BCUT2D eigenvalue weighted by Crippen LogP contribution is 2.28. The van der Waals surface area contributed by atoms with Crippen molar-refractivity contribution in [3.8, 4) is 5.75 Å². The average Bonchev–Trinajstić information content (AvgIpc) is 2.28. The van der Waals surface area contributed by atoms with E-state index in [4.69, 9.17) is 4.74 Å². The molecule has 0 radical (unpaired) electrons. The predicted octanol–water partition coefficient (Wildman–Crippen LogP) is 2.47. The minimum Gasteiger partial charge on any atom is -0.495 e. The molecular formula is C10H17NO. The summed E-state index contributed by atoms with van der Waals surface area (Å²) in [6.45, 7) is 6.45. The molecule has 2 heteroatoms. The van der Waals surface area contributed by atoms with Crippen LogP contribution in [0.25, 0.3) is 0 Å². The first kappa shape index (κ1) is 9.17. The number of aromatic nitrogens is 1. The number of hydrogen-bond acceptors (Lipinski definition) is 1. The van der Waals surface area contributed by atoms with Gasteiger partial charge < -0.3 is 9.30 Å². The number of rotatable bonds is 2. The molecule has 2 nitrogen and oxygen atoms in total. The monoisotopic (exact) mass is 167 g/mol. The van der Waals surface area contributed by atoms with Gasteiger partial charge in [-0.05, 0) is 12.8 Å². The molecule has 0 amide bonds. The molecule has 0 fully saturated rings. The van der Waals surface area contributed by atoms with Crippen molar-refractivity contribution in [1.29, 1.82) is 0 Å². The third-order valence-electron chi connectivity index (χ3n) is 2.25. The van der Waals surface area contributed by atoms with Crippen molar-refractivity contribution in [2.24, 2.45) is 7.05 Å². The van der Waals surface area contributed by atoms with E-state index in [1.165, 1.54) is 11.4 Å². The lowest BCUT2D eigenvalue weighted by molar-refractivity contribution is 0.405. The summed E-state index contributed by atoms with van der Waals surface area (Å²) in [6, 6.07) is 2.08. The van der Waals surface area contributed by atoms with Crippen molar-refractivity contribution in [2.45, 2.75) is 26.7 Å². The van der Waals surface area contributed by atoms with E-state index in [1.807, 2.05) is 0 Å². The number of aryl methyl sites for hydroxylation is 1. The van der Waals surface area contributed by atoms with E-state index in [2.05, 4.69) is 38.5 Å². The molecule has 0 aliphatic rings. The molecule has 1 heterocycles. The largest absolute Gasteiger partial charge is 0.495 e. The topological polar surface area (TPSA) is 14.2 Å². The lowest BCUT2D eigenvalue weighted by Gasteiger charge is -2.10. The van der Waals surface area contributed by atoms with Crippen molar-refractivity contribution in [1.82, 2.24) is 4.57 Å². The lowest BCUT2D eigenvalue weighted by Crippen LogP contribution is -2.01. The van der Waals surface area contributed by atoms with Gasteiger partial charge in [-0.15, -0.1) is 0 Å². The molecule has 1 aromatic heterocycles. The fourth-order valence-corrected chi connectivity index (χ4v) is 1.55. The molecule has 0 bridgehead atoms. The van der Waals surface area contributed by atoms with Crippen LogP contribution in [0.3, 0.4) is 0 Å². The van der Waals surface area contributed by atoms with Gasteiger partial charge in [-0.2, -0.15) is 0 Å². The first-order chi connectivity index (χ1) is 5.57. The van der Waals surface area contributed by atoms with Gasteiger partial charge in [0.2, 0.25) is 0 Å². The molecule has 0 saturated heterocycles. The van der Waals surface area contributed by atoms with Gasteiger partial charge in [0.15, 0.2) is 0 Å². The molecule has 0 unspecified atom stereocenters. The molecule has 0 atom stereocenters. The summed E-state index contributed by atoms with van der Waals surface area (Å²) in [7, 11) is 3.80. The zero-order chi connectivity index (χ0) is 9.30. The SMILES string of the molecule is COc1cc(C)n(C)c1C(C)C. The molecule has 1 rings (SSSR count). The second kappa shape index (κ2) is 3.21. The number of hydrogen-bond donors (Lipinski definition) is 0. The van der Waals surface area contributed by atoms with Crippen molar-refractivity contribution in [2.75, 3.05) is 7.11 Å². The molecule has 0 spiro atoms. The molecule has 1 aromatic rings. The zero-order valence-electron chi connectivity index (χ0n) is 8.51. The Morgan fingerprint density at radius 2 is 2.00 bits per heavy atom. The Morgan fingerprint density at radius 3 is 2.33 bits per heavy atom. The summed E-state index contributed by atoms with van der Waals surface area (Å²) in [5.74, 6) is 1.52. The Hall–Kier alpha value is -0.920. The Kier molecular flexibility index (Phi) is 2.46. The fraction of sp³-hybridized carbons (Fsp3) is 0.600. The van der Waals surface area contributed by atoms with Gasteiger partial charge in [-0.25, -0.2) is 0 Å². The van der Waals surface area contributed by atoms with E-state index in [1.54, 1.807) is 7.11 Å². The van der Waals surface area contributed by atoms with Gasteiger partial charge in [0.25, 0.3) is 0 Å². The summed E-state index contributed by atoms with van der Waals surface area (Å²) < 4.78 is 7.47. The average molecular weight is 167 g/mol. The van der Waals surface area contributed by atoms with E-state index in [0.29, 0.717) is 5.92 Å². The number of nitrogens with zero attached hydrogens (tertiary/aromatic N) is 1. The van der Waals surface area contributed by atoms with Crippen LogP contribution >= 0.6 is 0 Å². The zero-order valence-corrected chi connectivity index (χ0v) is 8.51. The standard InChI is InChI=1S/C10H17NO/c1-7(2)10-9(12-5)6-8(3)11(10)4/h6-7H,1-5H3. The summed E-state index contributed by atoms with van der Waals surface area (Å²) in [5.41, 5.74) is 2.52. The van der Waals surface area contributed by atoms with Crippen LogP contribution in [-0.2, 0) is 7.05 Å². The highest BCUT2D eigenvalue weighted by atomic mass is 16.5. The van der Waals surface area contributed by atoms with Crippen LogP contribution in [0.4, 0.5) is 0 Å². The maximum Gasteiger partial charge on any atom is 0.140 e.